The highest BCUT2D eigenvalue weighted by molar-refractivity contribution is 7.89. The van der Waals surface area contributed by atoms with Gasteiger partial charge in [0.25, 0.3) is 0 Å². The van der Waals surface area contributed by atoms with Gasteiger partial charge in [0.05, 0.1) is 10.5 Å². The molecule has 3 unspecified atom stereocenters. The first kappa shape index (κ1) is 30.5. The number of rotatable bonds is 9. The van der Waals surface area contributed by atoms with Gasteiger partial charge >= 0.3 is 0 Å². The highest BCUT2D eigenvalue weighted by Crippen LogP contribution is 2.68. The minimum Gasteiger partial charge on any atom is -0.389 e. The summed E-state index contributed by atoms with van der Waals surface area (Å²) in [5.41, 5.74) is 0.854. The van der Waals surface area contributed by atoms with Crippen LogP contribution in [-0.2, 0) is 10.0 Å². The second kappa shape index (κ2) is 11.3. The summed E-state index contributed by atoms with van der Waals surface area (Å²) in [5.74, 6) is 5.47. The number of aryl methyl sites for hydroxylation is 1. The Morgan fingerprint density at radius 2 is 1.60 bits per heavy atom. The number of benzene rings is 1. The first-order valence-corrected chi connectivity index (χ1v) is 18.0. The number of nitrogens with one attached hydrogen (secondary N) is 1. The molecule has 5 heteroatoms. The molecule has 0 heterocycles. The van der Waals surface area contributed by atoms with Crippen molar-refractivity contribution in [2.24, 2.45) is 52.3 Å². The Bertz CT molecular complexity index is 1130. The number of hydrogen-bond donors (Lipinski definition) is 2. The van der Waals surface area contributed by atoms with Crippen molar-refractivity contribution in [2.45, 2.75) is 129 Å². The fraction of sp³-hybridized carbons (Fsp3) is 0.829. The molecule has 0 bridgehead atoms. The maximum absolute atomic E-state index is 12.9. The number of aliphatic hydroxyl groups is 1. The van der Waals surface area contributed by atoms with E-state index in [9.17, 15) is 13.5 Å². The molecule has 4 aliphatic carbocycles. The van der Waals surface area contributed by atoms with E-state index in [1.54, 1.807) is 12.1 Å². The van der Waals surface area contributed by atoms with Crippen molar-refractivity contribution in [1.82, 2.24) is 4.72 Å². The fourth-order valence-corrected chi connectivity index (χ4v) is 11.7. The van der Waals surface area contributed by atoms with Crippen molar-refractivity contribution in [1.29, 1.82) is 0 Å². The van der Waals surface area contributed by atoms with E-state index in [2.05, 4.69) is 39.3 Å². The average Bonchev–Trinajstić information content (AvgIpc) is 3.25. The lowest BCUT2D eigenvalue weighted by Gasteiger charge is -2.62. The van der Waals surface area contributed by atoms with Gasteiger partial charge in [-0.25, -0.2) is 13.1 Å². The van der Waals surface area contributed by atoms with Crippen molar-refractivity contribution in [2.75, 3.05) is 6.54 Å². The third-order valence-corrected chi connectivity index (χ3v) is 14.4. The molecule has 4 nitrogen and oxygen atoms in total. The summed E-state index contributed by atoms with van der Waals surface area (Å²) in [7, 11) is -3.63. The van der Waals surface area contributed by atoms with Gasteiger partial charge in [-0.1, -0.05) is 71.6 Å². The predicted molar refractivity (Wildman–Crippen MR) is 164 cm³/mol. The molecule has 2 N–H and O–H groups in total. The highest BCUT2D eigenvalue weighted by atomic mass is 32.2. The van der Waals surface area contributed by atoms with Crippen LogP contribution in [0.4, 0.5) is 0 Å². The quantitative estimate of drug-likeness (QED) is 0.314. The SMILES string of the molecule is Cc1ccc(S(=O)(=O)NC[C@@]2(O)CC[C@]3(C)C4CC[C@@]5(C)C(CC[C@@H]5[C@H](C)CCCC(C)C)C4CC[C@H]3C2)cc1. The van der Waals surface area contributed by atoms with Crippen molar-refractivity contribution in [3.8, 4) is 0 Å². The lowest BCUT2D eigenvalue weighted by Crippen LogP contribution is -2.57. The minimum absolute atomic E-state index is 0.112. The second-order valence-electron chi connectivity index (χ2n) is 15.8. The van der Waals surface area contributed by atoms with Crippen LogP contribution in [0.3, 0.4) is 0 Å². The van der Waals surface area contributed by atoms with Crippen LogP contribution in [0.2, 0.25) is 0 Å². The highest BCUT2D eigenvalue weighted by Gasteiger charge is 2.61. The van der Waals surface area contributed by atoms with Crippen molar-refractivity contribution < 1.29 is 13.5 Å². The number of fused-ring (bicyclic) bond motifs is 5. The van der Waals surface area contributed by atoms with Gasteiger partial charge in [0.2, 0.25) is 10.0 Å². The third kappa shape index (κ3) is 5.70. The lowest BCUT2D eigenvalue weighted by molar-refractivity contribution is -0.150. The van der Waals surface area contributed by atoms with Crippen LogP contribution in [0.15, 0.2) is 29.2 Å². The van der Waals surface area contributed by atoms with Crippen molar-refractivity contribution >= 4 is 10.0 Å². The Kier molecular flexibility index (Phi) is 8.63. The molecule has 1 aromatic rings. The average molecular weight is 572 g/mol. The zero-order chi connectivity index (χ0) is 28.9. The van der Waals surface area contributed by atoms with Gasteiger partial charge in [0.15, 0.2) is 0 Å². The molecule has 1 aromatic carbocycles. The molecule has 0 saturated heterocycles. The van der Waals surface area contributed by atoms with Gasteiger partial charge < -0.3 is 5.11 Å². The summed E-state index contributed by atoms with van der Waals surface area (Å²) in [4.78, 5) is 0.275. The molecule has 0 radical (unpaired) electrons. The Morgan fingerprint density at radius 1 is 0.900 bits per heavy atom. The molecule has 5 rings (SSSR count). The van der Waals surface area contributed by atoms with Crippen LogP contribution >= 0.6 is 0 Å². The molecule has 9 atom stereocenters. The Balaban J connectivity index is 1.23. The zero-order valence-corrected chi connectivity index (χ0v) is 27.0. The molecule has 0 amide bonds. The van der Waals surface area contributed by atoms with Crippen molar-refractivity contribution in [3.63, 3.8) is 0 Å². The molecule has 4 aliphatic rings. The molecular weight excluding hydrogens is 514 g/mol. The summed E-state index contributed by atoms with van der Waals surface area (Å²) < 4.78 is 28.6. The first-order chi connectivity index (χ1) is 18.8. The Labute approximate surface area is 245 Å². The summed E-state index contributed by atoms with van der Waals surface area (Å²) in [6.45, 7) is 14.5. The van der Waals surface area contributed by atoms with E-state index in [0.29, 0.717) is 17.8 Å². The first-order valence-electron chi connectivity index (χ1n) is 16.6. The van der Waals surface area contributed by atoms with Gasteiger partial charge in [-0.3, -0.25) is 0 Å². The van der Waals surface area contributed by atoms with Gasteiger partial charge in [-0.15, -0.1) is 0 Å². The normalized spacial score (nSPS) is 40.4. The van der Waals surface area contributed by atoms with E-state index in [1.807, 2.05) is 19.1 Å². The topological polar surface area (TPSA) is 66.4 Å². The molecule has 4 fully saturated rings. The fourth-order valence-electron chi connectivity index (χ4n) is 10.5. The summed E-state index contributed by atoms with van der Waals surface area (Å²) >= 11 is 0. The molecule has 4 saturated carbocycles. The molecule has 0 spiro atoms. The number of sulfonamides is 1. The van der Waals surface area contributed by atoms with Gasteiger partial charge in [0, 0.05) is 6.54 Å². The maximum Gasteiger partial charge on any atom is 0.240 e. The molecule has 40 heavy (non-hydrogen) atoms. The molecule has 0 aromatic heterocycles. The van der Waals surface area contributed by atoms with E-state index in [-0.39, 0.29) is 16.9 Å². The van der Waals surface area contributed by atoms with Crippen LogP contribution in [0, 0.1) is 59.2 Å². The van der Waals surface area contributed by atoms with Gasteiger partial charge in [-0.05, 0) is 129 Å². The van der Waals surface area contributed by atoms with Crippen LogP contribution in [0.1, 0.15) is 117 Å². The van der Waals surface area contributed by atoms with E-state index in [0.717, 1.165) is 53.9 Å². The van der Waals surface area contributed by atoms with Crippen molar-refractivity contribution in [3.05, 3.63) is 29.8 Å². The number of hydrogen-bond acceptors (Lipinski definition) is 3. The van der Waals surface area contributed by atoms with E-state index >= 15 is 0 Å². The standard InChI is InChI=1S/C35H57NO3S/c1-24(2)8-7-9-26(4)30-16-17-31-29-15-12-27-22-35(37,21-20-33(27,5)32(29)18-19-34(30,31)6)23-36-40(38,39)28-13-10-25(3)11-14-28/h10-11,13-14,24,26-27,29-32,36-37H,7-9,12,15-23H2,1-6H3/t26-,27+,29?,30-,31?,32?,33+,34-,35-/m1/s1. The van der Waals surface area contributed by atoms with E-state index in [4.69, 9.17) is 0 Å². The largest absolute Gasteiger partial charge is 0.389 e. The molecule has 0 aliphatic heterocycles. The monoisotopic (exact) mass is 571 g/mol. The van der Waals surface area contributed by atoms with Crippen LogP contribution in [-0.4, -0.2) is 25.7 Å². The summed E-state index contributed by atoms with van der Waals surface area (Å²) in [6.07, 6.45) is 14.6. The Morgan fingerprint density at radius 3 is 2.30 bits per heavy atom. The predicted octanol–water partition coefficient (Wildman–Crippen LogP) is 8.13. The smallest absolute Gasteiger partial charge is 0.240 e. The maximum atomic E-state index is 12.9. The van der Waals surface area contributed by atoms with Crippen LogP contribution in [0.5, 0.6) is 0 Å². The third-order valence-electron chi connectivity index (χ3n) is 12.9. The lowest BCUT2D eigenvalue weighted by atomic mass is 9.43. The van der Waals surface area contributed by atoms with Crippen LogP contribution in [0.25, 0.3) is 0 Å². The summed E-state index contributed by atoms with van der Waals surface area (Å²) in [5, 5.41) is 11.6. The van der Waals surface area contributed by atoms with Gasteiger partial charge in [0.1, 0.15) is 0 Å². The second-order valence-corrected chi connectivity index (χ2v) is 17.5. The minimum atomic E-state index is -3.63. The van der Waals surface area contributed by atoms with E-state index < -0.39 is 15.6 Å². The molecule has 226 valence electrons. The molecular formula is C35H57NO3S. The van der Waals surface area contributed by atoms with E-state index in [1.165, 1.54) is 57.8 Å². The summed E-state index contributed by atoms with van der Waals surface area (Å²) in [6, 6.07) is 6.95. The van der Waals surface area contributed by atoms with Crippen LogP contribution < -0.4 is 4.72 Å². The van der Waals surface area contributed by atoms with Gasteiger partial charge in [-0.2, -0.15) is 0 Å². The zero-order valence-electron chi connectivity index (χ0n) is 26.2. The Hall–Kier alpha value is -0.910.